The lowest BCUT2D eigenvalue weighted by molar-refractivity contribution is -0.263. The number of ether oxygens (including phenoxy) is 7. The Balaban J connectivity index is 1.03. The molecule has 0 amide bonds. The molecule has 0 saturated carbocycles. The molecule has 2 fully saturated rings. The molecule has 6 aromatic carbocycles. The number of fused-ring (bicyclic) bond motifs is 2. The smallest absolute Gasteiger partial charge is 0.303 e. The molecule has 2 heterocycles. The summed E-state index contributed by atoms with van der Waals surface area (Å²) in [5.74, 6) is -2.92. The Kier molecular flexibility index (Phi) is 17.1. The van der Waals surface area contributed by atoms with E-state index in [1.807, 2.05) is 66.7 Å². The van der Waals surface area contributed by atoms with Gasteiger partial charge in [-0.15, -0.1) is 0 Å². The molecular weight excluding hydrogens is 937 g/mol. The van der Waals surface area contributed by atoms with E-state index in [-0.39, 0.29) is 31.7 Å². The molecule has 0 bridgehead atoms. The third kappa shape index (κ3) is 12.7. The summed E-state index contributed by atoms with van der Waals surface area (Å²) >= 11 is 5.79. The Morgan fingerprint density at radius 1 is 0.611 bits per heavy atom. The van der Waals surface area contributed by atoms with Crippen LogP contribution in [-0.4, -0.2) is 95.7 Å². The van der Waals surface area contributed by atoms with Crippen molar-refractivity contribution < 1.29 is 57.4 Å². The number of thiocarbonyl (C=S) groups is 1. The zero-order valence-electron chi connectivity index (χ0n) is 40.9. The lowest BCUT2D eigenvalue weighted by atomic mass is 9.83. The fraction of sp³-hybridized carbons (Fsp3) is 0.351. The molecule has 8 rings (SSSR count). The summed E-state index contributed by atoms with van der Waals surface area (Å²) in [6.07, 6.45) is -7.31. The molecule has 2 aliphatic rings. The number of aliphatic hydroxyl groups is 1. The quantitative estimate of drug-likeness (QED) is 0.0386. The van der Waals surface area contributed by atoms with E-state index < -0.39 is 66.8 Å². The fourth-order valence-corrected chi connectivity index (χ4v) is 10.1. The van der Waals surface area contributed by atoms with Crippen LogP contribution in [0.1, 0.15) is 85.8 Å². The third-order valence-corrected chi connectivity index (χ3v) is 13.3. The predicted molar refractivity (Wildman–Crippen MR) is 273 cm³/mol. The van der Waals surface area contributed by atoms with Crippen LogP contribution in [0.2, 0.25) is 0 Å². The van der Waals surface area contributed by atoms with Crippen LogP contribution >= 0.6 is 12.2 Å². The first-order valence-corrected chi connectivity index (χ1v) is 24.4. The minimum absolute atomic E-state index is 0.00601. The van der Waals surface area contributed by atoms with Gasteiger partial charge in [0.05, 0.1) is 23.8 Å². The van der Waals surface area contributed by atoms with Gasteiger partial charge < -0.3 is 43.6 Å². The maximum absolute atomic E-state index is 12.4. The fourth-order valence-electron chi connectivity index (χ4n) is 9.82. The van der Waals surface area contributed by atoms with Crippen molar-refractivity contribution in [3.63, 3.8) is 0 Å². The van der Waals surface area contributed by atoms with Crippen molar-refractivity contribution in [2.45, 2.75) is 109 Å². The monoisotopic (exact) mass is 996 g/mol. The number of benzene rings is 6. The van der Waals surface area contributed by atoms with Gasteiger partial charge in [-0.2, -0.15) is 0 Å². The Morgan fingerprint density at radius 3 is 1.76 bits per heavy atom. The summed E-state index contributed by atoms with van der Waals surface area (Å²) in [7, 11) is 2.14. The van der Waals surface area contributed by atoms with E-state index in [1.165, 1.54) is 54.8 Å². The second-order valence-corrected chi connectivity index (χ2v) is 18.8. The molecule has 14 nitrogen and oxygen atoms in total. The van der Waals surface area contributed by atoms with Crippen molar-refractivity contribution in [1.29, 1.82) is 0 Å². The Hall–Kier alpha value is -6.59. The minimum atomic E-state index is -1.29. The van der Waals surface area contributed by atoms with Crippen LogP contribution in [0.5, 0.6) is 0 Å². The number of carbonyl (C=O) groups excluding carboxylic acids is 4. The standard InChI is InChI=1S/C57H60N2O12S/c1-34(61)65-33-50-55(67-36(3)63)56(68-37(4)64)54(66-35(2)62)48(69-50)28-51(72)58-29-38-19-25-42(26-20-38)57-70-49(52(40-13-7-6-8-14-40)53(71-57)41-23-21-39(32-60)22-24-41)31-59(5)30-47-45-17-11-9-15-43(45)27-44-16-10-12-18-46(44)47/h6-27,48-50,52-57,60H,28-33H2,1-5H3,(H,58,72)/t48-,49+,50+,52+,53-,54-,55+,56+,57?/m0/s1. The van der Waals surface area contributed by atoms with E-state index in [4.69, 9.17) is 45.4 Å². The Bertz CT molecular complexity index is 2810. The summed E-state index contributed by atoms with van der Waals surface area (Å²) < 4.78 is 42.4. The van der Waals surface area contributed by atoms with Gasteiger partial charge in [-0.25, -0.2) is 0 Å². The van der Waals surface area contributed by atoms with E-state index in [2.05, 4.69) is 84.0 Å². The molecule has 72 heavy (non-hydrogen) atoms. The Morgan fingerprint density at radius 2 is 1.17 bits per heavy atom. The van der Waals surface area contributed by atoms with Crippen molar-refractivity contribution in [2.24, 2.45) is 0 Å². The molecule has 9 atom stereocenters. The van der Waals surface area contributed by atoms with Gasteiger partial charge in [0.2, 0.25) is 0 Å². The van der Waals surface area contributed by atoms with Crippen molar-refractivity contribution >= 4 is 62.6 Å². The summed E-state index contributed by atoms with van der Waals surface area (Å²) in [4.78, 5) is 51.4. The Labute approximate surface area is 424 Å². The number of esters is 4. The summed E-state index contributed by atoms with van der Waals surface area (Å²) in [5, 5.41) is 18.0. The predicted octanol–water partition coefficient (Wildman–Crippen LogP) is 8.49. The molecule has 0 radical (unpaired) electrons. The van der Waals surface area contributed by atoms with Gasteiger partial charge >= 0.3 is 23.9 Å². The summed E-state index contributed by atoms with van der Waals surface area (Å²) in [5.41, 5.74) is 5.81. The van der Waals surface area contributed by atoms with Gasteiger partial charge in [0.25, 0.3) is 0 Å². The highest BCUT2D eigenvalue weighted by Gasteiger charge is 2.52. The van der Waals surface area contributed by atoms with Crippen molar-refractivity contribution in [2.75, 3.05) is 20.2 Å². The summed E-state index contributed by atoms with van der Waals surface area (Å²) in [6.45, 7) is 5.93. The highest BCUT2D eigenvalue weighted by molar-refractivity contribution is 7.80. The molecule has 15 heteroatoms. The first kappa shape index (κ1) is 51.8. The summed E-state index contributed by atoms with van der Waals surface area (Å²) in [6, 6.07) is 45.4. The molecular formula is C57H60N2O12S. The second-order valence-electron chi connectivity index (χ2n) is 18.4. The van der Waals surface area contributed by atoms with Crippen molar-refractivity contribution in [3.05, 3.63) is 167 Å². The molecule has 0 spiro atoms. The number of aliphatic hydroxyl groups excluding tert-OH is 1. The maximum atomic E-state index is 12.4. The number of nitrogens with one attached hydrogen (secondary N) is 1. The van der Waals surface area contributed by atoms with E-state index in [0.717, 1.165) is 27.8 Å². The third-order valence-electron chi connectivity index (χ3n) is 13.0. The van der Waals surface area contributed by atoms with Crippen LogP contribution in [0, 0.1) is 0 Å². The first-order valence-electron chi connectivity index (χ1n) is 24.0. The van der Waals surface area contributed by atoms with E-state index >= 15 is 0 Å². The number of hydrogen-bond donors (Lipinski definition) is 2. The maximum Gasteiger partial charge on any atom is 0.303 e. The number of rotatable bonds is 17. The van der Waals surface area contributed by atoms with Crippen LogP contribution in [0.15, 0.2) is 133 Å². The van der Waals surface area contributed by atoms with Gasteiger partial charge in [0, 0.05) is 65.2 Å². The molecule has 376 valence electrons. The minimum Gasteiger partial charge on any atom is -0.463 e. The zero-order chi connectivity index (χ0) is 50.9. The normalized spacial score (nSPS) is 23.0. The molecule has 6 aromatic rings. The lowest BCUT2D eigenvalue weighted by Crippen LogP contribution is -2.62. The molecule has 2 N–H and O–H groups in total. The van der Waals surface area contributed by atoms with E-state index in [0.29, 0.717) is 24.6 Å². The number of carbonyl (C=O) groups is 4. The van der Waals surface area contributed by atoms with E-state index in [9.17, 15) is 24.3 Å². The van der Waals surface area contributed by atoms with Crippen LogP contribution < -0.4 is 5.32 Å². The van der Waals surface area contributed by atoms with Gasteiger partial charge in [-0.1, -0.05) is 140 Å². The van der Waals surface area contributed by atoms with Crippen LogP contribution in [0.25, 0.3) is 21.5 Å². The number of hydrogen-bond acceptors (Lipinski definition) is 14. The van der Waals surface area contributed by atoms with Crippen LogP contribution in [0.3, 0.4) is 0 Å². The van der Waals surface area contributed by atoms with Gasteiger partial charge in [-0.05, 0) is 62.5 Å². The average molecular weight is 997 g/mol. The zero-order valence-corrected chi connectivity index (χ0v) is 41.8. The highest BCUT2D eigenvalue weighted by Crippen LogP contribution is 2.47. The highest BCUT2D eigenvalue weighted by atomic mass is 32.1. The number of nitrogens with zero attached hydrogens (tertiary/aromatic N) is 1. The lowest BCUT2D eigenvalue weighted by Gasteiger charge is -2.44. The van der Waals surface area contributed by atoms with Gasteiger partial charge in [0.1, 0.15) is 18.8 Å². The topological polar surface area (TPSA) is 168 Å². The average Bonchev–Trinajstić information content (AvgIpc) is 3.36. The molecule has 2 saturated heterocycles. The van der Waals surface area contributed by atoms with Crippen molar-refractivity contribution in [1.82, 2.24) is 10.2 Å². The molecule has 2 aliphatic heterocycles. The molecule has 0 aliphatic carbocycles. The largest absolute Gasteiger partial charge is 0.463 e. The van der Waals surface area contributed by atoms with Crippen LogP contribution in [-0.2, 0) is 72.0 Å². The van der Waals surface area contributed by atoms with Crippen LogP contribution in [0.4, 0.5) is 0 Å². The molecule has 0 aromatic heterocycles. The van der Waals surface area contributed by atoms with Gasteiger partial charge in [0.15, 0.2) is 24.6 Å². The first-order chi connectivity index (χ1) is 34.7. The SMILES string of the molecule is CC(=O)OC[C@H]1O[C@@H](CC(=S)NCc2ccc(C3O[C@H](CN(C)Cc4c5ccccc5cc5ccccc45)[C@@H](c4ccccc4)[C@H](c4ccc(CO)cc4)O3)cc2)[C@H](OC(C)=O)[C@@H](OC(C)=O)[C@@H]1OC(C)=O. The van der Waals surface area contributed by atoms with Gasteiger partial charge in [-0.3, -0.25) is 24.1 Å². The second kappa shape index (κ2) is 23.8. The van der Waals surface area contributed by atoms with E-state index in [1.54, 1.807) is 0 Å². The number of likely N-dealkylation sites (N-methyl/N-ethyl adjacent to an activating group) is 1. The van der Waals surface area contributed by atoms with Crippen molar-refractivity contribution in [3.8, 4) is 0 Å². The molecule has 1 unspecified atom stereocenters.